The standard InChI is InChI=1S/C14H26BN3O5/c19-12(11-4-3-7-16-11)18-10-8-14(13(20)21,17-9-10)5-1-2-6-15(22)23/h10-11,16-17,22-23H,1-9H2,(H,18,19)(H,20,21)/t10-,11?,14-/m1/s1. The summed E-state index contributed by atoms with van der Waals surface area (Å²) in [6.45, 7) is 1.28. The summed E-state index contributed by atoms with van der Waals surface area (Å²) in [5.74, 6) is -0.975. The highest BCUT2D eigenvalue weighted by atomic mass is 16.4. The molecule has 23 heavy (non-hydrogen) atoms. The lowest BCUT2D eigenvalue weighted by molar-refractivity contribution is -0.144. The van der Waals surface area contributed by atoms with Crippen LogP contribution < -0.4 is 16.0 Å². The van der Waals surface area contributed by atoms with Gasteiger partial charge in [0.05, 0.1) is 6.04 Å². The monoisotopic (exact) mass is 327 g/mol. The van der Waals surface area contributed by atoms with Crippen molar-refractivity contribution in [1.82, 2.24) is 16.0 Å². The molecule has 0 aromatic heterocycles. The van der Waals surface area contributed by atoms with Crippen LogP contribution in [0.4, 0.5) is 0 Å². The van der Waals surface area contributed by atoms with Gasteiger partial charge < -0.3 is 25.8 Å². The zero-order valence-electron chi connectivity index (χ0n) is 13.3. The molecule has 0 radical (unpaired) electrons. The molecule has 0 saturated carbocycles. The molecule has 9 heteroatoms. The van der Waals surface area contributed by atoms with E-state index in [4.69, 9.17) is 10.0 Å². The van der Waals surface area contributed by atoms with E-state index in [2.05, 4.69) is 16.0 Å². The Morgan fingerprint density at radius 2 is 2.09 bits per heavy atom. The van der Waals surface area contributed by atoms with Gasteiger partial charge in [-0.3, -0.25) is 14.9 Å². The SMILES string of the molecule is O=C(N[C@H]1CN[C@@](CCCCB(O)O)(C(=O)O)C1)C1CCCN1. The first-order valence-corrected chi connectivity index (χ1v) is 8.31. The molecule has 8 nitrogen and oxygen atoms in total. The molecular weight excluding hydrogens is 301 g/mol. The average molecular weight is 327 g/mol. The van der Waals surface area contributed by atoms with Crippen LogP contribution in [-0.2, 0) is 9.59 Å². The summed E-state index contributed by atoms with van der Waals surface area (Å²) < 4.78 is 0. The Balaban J connectivity index is 1.82. The summed E-state index contributed by atoms with van der Waals surface area (Å²) in [7, 11) is -1.35. The van der Waals surface area contributed by atoms with Gasteiger partial charge in [0.25, 0.3) is 0 Å². The lowest BCUT2D eigenvalue weighted by Gasteiger charge is -2.25. The van der Waals surface area contributed by atoms with E-state index in [-0.39, 0.29) is 24.3 Å². The molecule has 0 spiro atoms. The van der Waals surface area contributed by atoms with Crippen molar-refractivity contribution in [2.75, 3.05) is 13.1 Å². The Morgan fingerprint density at radius 3 is 2.70 bits per heavy atom. The van der Waals surface area contributed by atoms with E-state index in [1.54, 1.807) is 0 Å². The molecule has 130 valence electrons. The first-order chi connectivity index (χ1) is 10.9. The van der Waals surface area contributed by atoms with Gasteiger partial charge in [-0.25, -0.2) is 0 Å². The van der Waals surface area contributed by atoms with Gasteiger partial charge in [-0.1, -0.05) is 12.8 Å². The van der Waals surface area contributed by atoms with Gasteiger partial charge in [0, 0.05) is 12.6 Å². The van der Waals surface area contributed by atoms with Crippen molar-refractivity contribution in [2.24, 2.45) is 0 Å². The topological polar surface area (TPSA) is 131 Å². The Bertz CT molecular complexity index is 431. The highest BCUT2D eigenvalue weighted by Gasteiger charge is 2.45. The van der Waals surface area contributed by atoms with E-state index in [0.29, 0.717) is 32.2 Å². The van der Waals surface area contributed by atoms with Crippen molar-refractivity contribution in [2.45, 2.75) is 62.5 Å². The van der Waals surface area contributed by atoms with E-state index >= 15 is 0 Å². The zero-order chi connectivity index (χ0) is 16.9. The lowest BCUT2D eigenvalue weighted by atomic mass is 9.81. The Hall–Kier alpha value is -1.16. The summed E-state index contributed by atoms with van der Waals surface area (Å²) in [5, 5.41) is 36.3. The smallest absolute Gasteiger partial charge is 0.451 e. The van der Waals surface area contributed by atoms with Gasteiger partial charge in [0.2, 0.25) is 5.91 Å². The number of unbranched alkanes of at least 4 members (excludes halogenated alkanes) is 1. The van der Waals surface area contributed by atoms with Crippen molar-refractivity contribution in [3.8, 4) is 0 Å². The van der Waals surface area contributed by atoms with Crippen LogP contribution in [0, 0.1) is 0 Å². The largest absolute Gasteiger partial charge is 0.480 e. The number of carbonyl (C=O) groups excluding carboxylic acids is 1. The molecule has 1 amide bonds. The van der Waals surface area contributed by atoms with Crippen LogP contribution in [-0.4, -0.2) is 64.9 Å². The Labute approximate surface area is 136 Å². The van der Waals surface area contributed by atoms with Gasteiger partial charge in [-0.05, 0) is 38.5 Å². The van der Waals surface area contributed by atoms with Crippen LogP contribution in [0.1, 0.15) is 38.5 Å². The first-order valence-electron chi connectivity index (χ1n) is 8.31. The highest BCUT2D eigenvalue weighted by Crippen LogP contribution is 2.27. The molecule has 2 rings (SSSR count). The molecule has 2 heterocycles. The average Bonchev–Trinajstić information content (AvgIpc) is 3.14. The van der Waals surface area contributed by atoms with Crippen molar-refractivity contribution in [3.63, 3.8) is 0 Å². The second-order valence-electron chi connectivity index (χ2n) is 6.55. The van der Waals surface area contributed by atoms with Crippen molar-refractivity contribution < 1.29 is 24.7 Å². The highest BCUT2D eigenvalue weighted by molar-refractivity contribution is 6.40. The van der Waals surface area contributed by atoms with Crippen LogP contribution in [0.3, 0.4) is 0 Å². The number of carbonyl (C=O) groups is 2. The van der Waals surface area contributed by atoms with Crippen molar-refractivity contribution in [3.05, 3.63) is 0 Å². The van der Waals surface area contributed by atoms with Crippen LogP contribution in [0.2, 0.25) is 6.32 Å². The minimum Gasteiger partial charge on any atom is -0.480 e. The van der Waals surface area contributed by atoms with E-state index in [0.717, 1.165) is 19.4 Å². The molecule has 2 fully saturated rings. The number of carboxylic acids is 1. The minimum absolute atomic E-state index is 0.0566. The lowest BCUT2D eigenvalue weighted by Crippen LogP contribution is -2.48. The molecule has 6 N–H and O–H groups in total. The fourth-order valence-electron chi connectivity index (χ4n) is 3.41. The molecule has 0 aromatic rings. The van der Waals surface area contributed by atoms with Crippen LogP contribution in [0.25, 0.3) is 0 Å². The molecule has 0 aromatic carbocycles. The Morgan fingerprint density at radius 1 is 1.30 bits per heavy atom. The maximum atomic E-state index is 12.1. The first kappa shape index (κ1) is 18.2. The molecule has 0 bridgehead atoms. The molecule has 1 unspecified atom stereocenters. The molecule has 2 aliphatic rings. The van der Waals surface area contributed by atoms with Crippen molar-refractivity contribution >= 4 is 19.0 Å². The third kappa shape index (κ3) is 4.91. The van der Waals surface area contributed by atoms with Crippen LogP contribution >= 0.6 is 0 Å². The number of carboxylic acid groups (broad SMARTS) is 1. The third-order valence-corrected chi connectivity index (χ3v) is 4.73. The normalized spacial score (nSPS) is 30.3. The maximum absolute atomic E-state index is 12.1. The van der Waals surface area contributed by atoms with Crippen molar-refractivity contribution in [1.29, 1.82) is 0 Å². The summed E-state index contributed by atoms with van der Waals surface area (Å²) in [4.78, 5) is 23.8. The number of hydrogen-bond donors (Lipinski definition) is 6. The minimum atomic E-state index is -1.35. The number of nitrogens with one attached hydrogen (secondary N) is 3. The van der Waals surface area contributed by atoms with Crippen LogP contribution in [0.5, 0.6) is 0 Å². The van der Waals surface area contributed by atoms with Gasteiger partial charge >= 0.3 is 13.1 Å². The molecule has 0 aliphatic carbocycles. The van der Waals surface area contributed by atoms with Gasteiger partial charge in [-0.2, -0.15) is 0 Å². The molecular formula is C14H26BN3O5. The maximum Gasteiger partial charge on any atom is 0.451 e. The number of hydrogen-bond acceptors (Lipinski definition) is 6. The van der Waals surface area contributed by atoms with Crippen LogP contribution in [0.15, 0.2) is 0 Å². The Kier molecular flexibility index (Phi) is 6.40. The number of rotatable bonds is 8. The second-order valence-corrected chi connectivity index (χ2v) is 6.55. The second kappa shape index (κ2) is 8.10. The molecule has 3 atom stereocenters. The number of amides is 1. The fourth-order valence-corrected chi connectivity index (χ4v) is 3.41. The summed E-state index contributed by atoms with van der Waals surface area (Å²) in [5.41, 5.74) is -1.04. The fraction of sp³-hybridized carbons (Fsp3) is 0.857. The molecule has 2 saturated heterocycles. The van der Waals surface area contributed by atoms with E-state index in [9.17, 15) is 14.7 Å². The molecule has 2 aliphatic heterocycles. The van der Waals surface area contributed by atoms with E-state index in [1.165, 1.54) is 0 Å². The van der Waals surface area contributed by atoms with Gasteiger partial charge in [0.1, 0.15) is 5.54 Å². The quantitative estimate of drug-likeness (QED) is 0.241. The number of aliphatic carboxylic acids is 1. The zero-order valence-corrected chi connectivity index (χ0v) is 13.3. The predicted octanol–water partition coefficient (Wildman–Crippen LogP) is -1.32. The summed E-state index contributed by atoms with van der Waals surface area (Å²) in [6, 6.07) is -0.356. The van der Waals surface area contributed by atoms with E-state index < -0.39 is 18.6 Å². The van der Waals surface area contributed by atoms with Gasteiger partial charge in [-0.15, -0.1) is 0 Å². The van der Waals surface area contributed by atoms with Gasteiger partial charge in [0.15, 0.2) is 0 Å². The summed E-state index contributed by atoms with van der Waals surface area (Å²) >= 11 is 0. The predicted molar refractivity (Wildman–Crippen MR) is 84.8 cm³/mol. The summed E-state index contributed by atoms with van der Waals surface area (Å²) in [6.07, 6.45) is 3.93. The third-order valence-electron chi connectivity index (χ3n) is 4.73. The van der Waals surface area contributed by atoms with E-state index in [1.807, 2.05) is 0 Å².